The minimum Gasteiger partial charge on any atom is -0.301 e. The van der Waals surface area contributed by atoms with Crippen LogP contribution in [0.25, 0.3) is 10.8 Å². The van der Waals surface area contributed by atoms with E-state index in [1.165, 1.54) is 0 Å². The van der Waals surface area contributed by atoms with Crippen molar-refractivity contribution in [1.82, 2.24) is 9.62 Å². The number of nitrogens with zero attached hydrogens (tertiary/aromatic N) is 1. The lowest BCUT2D eigenvalue weighted by Gasteiger charge is -2.24. The summed E-state index contributed by atoms with van der Waals surface area (Å²) >= 11 is 1.62. The van der Waals surface area contributed by atoms with Crippen molar-refractivity contribution in [2.24, 2.45) is 0 Å². The maximum absolute atomic E-state index is 12.6. The second-order valence-corrected chi connectivity index (χ2v) is 8.87. The van der Waals surface area contributed by atoms with Gasteiger partial charge in [0, 0.05) is 12.6 Å². The second-order valence-electron chi connectivity index (χ2n) is 6.28. The van der Waals surface area contributed by atoms with Gasteiger partial charge < -0.3 is 4.90 Å². The molecule has 4 nitrogen and oxygen atoms in total. The molecule has 1 atom stereocenters. The van der Waals surface area contributed by atoms with E-state index in [0.717, 1.165) is 21.9 Å². The molecule has 6 heteroatoms. The third-order valence-electron chi connectivity index (χ3n) is 4.27. The predicted octanol–water partition coefficient (Wildman–Crippen LogP) is 3.62. The Bertz CT molecular complexity index is 930. The molecule has 1 aromatic heterocycles. The van der Waals surface area contributed by atoms with Crippen molar-refractivity contribution < 1.29 is 8.42 Å². The van der Waals surface area contributed by atoms with Crippen molar-refractivity contribution in [1.29, 1.82) is 0 Å². The van der Waals surface area contributed by atoms with Gasteiger partial charge in [-0.3, -0.25) is 0 Å². The standard InChI is InChI=1S/C19H22N2O2S2/c1-21(2)19(16-10-11-24-13-16)12-20-25(22,23)14-17-8-5-7-15-6-3-4-9-18(15)17/h3-11,13,19-20H,12,14H2,1-2H3. The van der Waals surface area contributed by atoms with Crippen LogP contribution in [0, 0.1) is 0 Å². The molecule has 0 fully saturated rings. The normalized spacial score (nSPS) is 13.4. The van der Waals surface area contributed by atoms with Gasteiger partial charge >= 0.3 is 0 Å². The molecule has 0 aliphatic rings. The molecule has 0 amide bonds. The molecule has 132 valence electrons. The van der Waals surface area contributed by atoms with Gasteiger partial charge in [-0.05, 0) is 52.8 Å². The average molecular weight is 375 g/mol. The molecule has 1 unspecified atom stereocenters. The molecule has 25 heavy (non-hydrogen) atoms. The first-order valence-corrected chi connectivity index (χ1v) is 10.7. The maximum atomic E-state index is 12.6. The number of likely N-dealkylation sites (N-methyl/N-ethyl adjacent to an activating group) is 1. The first-order valence-electron chi connectivity index (χ1n) is 8.09. The number of nitrogens with one attached hydrogen (secondary N) is 1. The molecule has 3 rings (SSSR count). The van der Waals surface area contributed by atoms with Crippen molar-refractivity contribution in [2.75, 3.05) is 20.6 Å². The van der Waals surface area contributed by atoms with Gasteiger partial charge in [-0.2, -0.15) is 11.3 Å². The molecular formula is C19H22N2O2S2. The van der Waals surface area contributed by atoms with Crippen molar-refractivity contribution in [2.45, 2.75) is 11.8 Å². The Morgan fingerprint density at radius 3 is 2.56 bits per heavy atom. The van der Waals surface area contributed by atoms with Crippen molar-refractivity contribution in [3.8, 4) is 0 Å². The summed E-state index contributed by atoms with van der Waals surface area (Å²) < 4.78 is 28.0. The number of thiophene rings is 1. The number of fused-ring (bicyclic) bond motifs is 1. The minimum absolute atomic E-state index is 0.0157. The third kappa shape index (κ3) is 4.46. The zero-order valence-electron chi connectivity index (χ0n) is 14.3. The van der Waals surface area contributed by atoms with E-state index >= 15 is 0 Å². The highest BCUT2D eigenvalue weighted by Gasteiger charge is 2.19. The van der Waals surface area contributed by atoms with E-state index in [9.17, 15) is 8.42 Å². The van der Waals surface area contributed by atoms with Crippen LogP contribution in [-0.4, -0.2) is 34.0 Å². The zero-order chi connectivity index (χ0) is 17.9. The lowest BCUT2D eigenvalue weighted by atomic mass is 10.1. The van der Waals surface area contributed by atoms with Gasteiger partial charge in [0.2, 0.25) is 10.0 Å². The molecule has 0 saturated carbocycles. The minimum atomic E-state index is -3.42. The molecule has 3 aromatic rings. The quantitative estimate of drug-likeness (QED) is 0.687. The first kappa shape index (κ1) is 18.1. The van der Waals surface area contributed by atoms with E-state index in [0.29, 0.717) is 6.54 Å². The number of rotatable bonds is 7. The fourth-order valence-electron chi connectivity index (χ4n) is 2.94. The summed E-state index contributed by atoms with van der Waals surface area (Å²) in [5.41, 5.74) is 1.95. The monoisotopic (exact) mass is 374 g/mol. The molecule has 0 saturated heterocycles. The Balaban J connectivity index is 1.75. The lowest BCUT2D eigenvalue weighted by Crippen LogP contribution is -2.35. The van der Waals surface area contributed by atoms with Crippen LogP contribution in [0.1, 0.15) is 17.2 Å². The van der Waals surface area contributed by atoms with E-state index in [-0.39, 0.29) is 11.8 Å². The summed E-state index contributed by atoms with van der Waals surface area (Å²) in [5.74, 6) is -0.0157. The second kappa shape index (κ2) is 7.66. The van der Waals surface area contributed by atoms with Crippen LogP contribution in [0.4, 0.5) is 0 Å². The number of benzene rings is 2. The van der Waals surface area contributed by atoms with Crippen LogP contribution in [0.15, 0.2) is 59.3 Å². The van der Waals surface area contributed by atoms with Gasteiger partial charge in [0.25, 0.3) is 0 Å². The van der Waals surface area contributed by atoms with Crippen LogP contribution in [0.2, 0.25) is 0 Å². The van der Waals surface area contributed by atoms with Gasteiger partial charge in [-0.25, -0.2) is 13.1 Å². The van der Waals surface area contributed by atoms with E-state index < -0.39 is 10.0 Å². The zero-order valence-corrected chi connectivity index (χ0v) is 16.0. The average Bonchev–Trinajstić information content (AvgIpc) is 3.09. The Kier molecular flexibility index (Phi) is 5.54. The number of hydrogen-bond acceptors (Lipinski definition) is 4. The Morgan fingerprint density at radius 2 is 1.84 bits per heavy atom. The Labute approximate surface area is 153 Å². The molecule has 0 aliphatic heterocycles. The third-order valence-corrected chi connectivity index (χ3v) is 6.27. The van der Waals surface area contributed by atoms with Crippen LogP contribution >= 0.6 is 11.3 Å². The summed E-state index contributed by atoms with van der Waals surface area (Å²) in [6.45, 7) is 0.358. The van der Waals surface area contributed by atoms with Gasteiger partial charge in [0.1, 0.15) is 0 Å². The summed E-state index contributed by atoms with van der Waals surface area (Å²) in [4.78, 5) is 2.03. The van der Waals surface area contributed by atoms with Gasteiger partial charge in [-0.15, -0.1) is 0 Å². The summed E-state index contributed by atoms with van der Waals surface area (Å²) in [6, 6.07) is 15.7. The Hall–Kier alpha value is -1.73. The van der Waals surface area contributed by atoms with E-state index in [2.05, 4.69) is 10.1 Å². The maximum Gasteiger partial charge on any atom is 0.215 e. The molecule has 1 N–H and O–H groups in total. The van der Waals surface area contributed by atoms with Crippen LogP contribution in [0.5, 0.6) is 0 Å². The van der Waals surface area contributed by atoms with Crippen molar-refractivity contribution >= 4 is 32.1 Å². The van der Waals surface area contributed by atoms with Crippen molar-refractivity contribution in [3.63, 3.8) is 0 Å². The highest BCUT2D eigenvalue weighted by Crippen LogP contribution is 2.22. The van der Waals surface area contributed by atoms with Crippen LogP contribution in [-0.2, 0) is 15.8 Å². The van der Waals surface area contributed by atoms with Crippen molar-refractivity contribution in [3.05, 3.63) is 70.4 Å². The van der Waals surface area contributed by atoms with Crippen LogP contribution < -0.4 is 4.72 Å². The molecule has 0 aliphatic carbocycles. The first-order chi connectivity index (χ1) is 12.0. The summed E-state index contributed by atoms with van der Waals surface area (Å²) in [5, 5.41) is 6.11. The smallest absolute Gasteiger partial charge is 0.215 e. The number of sulfonamides is 1. The molecule has 0 radical (unpaired) electrons. The van der Waals surface area contributed by atoms with Gasteiger partial charge in [0.15, 0.2) is 0 Å². The molecule has 0 bridgehead atoms. The Morgan fingerprint density at radius 1 is 1.08 bits per heavy atom. The van der Waals surface area contributed by atoms with E-state index in [4.69, 9.17) is 0 Å². The lowest BCUT2D eigenvalue weighted by molar-refractivity contribution is 0.300. The molecule has 2 aromatic carbocycles. The van der Waals surface area contributed by atoms with Crippen LogP contribution in [0.3, 0.4) is 0 Å². The molecule has 0 spiro atoms. The van der Waals surface area contributed by atoms with Gasteiger partial charge in [-0.1, -0.05) is 42.5 Å². The van der Waals surface area contributed by atoms with Gasteiger partial charge in [0.05, 0.1) is 5.75 Å². The molecular weight excluding hydrogens is 352 g/mol. The molecule has 1 heterocycles. The largest absolute Gasteiger partial charge is 0.301 e. The summed E-state index contributed by atoms with van der Waals surface area (Å²) in [6.07, 6.45) is 0. The fraction of sp³-hybridized carbons (Fsp3) is 0.263. The number of hydrogen-bond donors (Lipinski definition) is 1. The topological polar surface area (TPSA) is 49.4 Å². The van der Waals surface area contributed by atoms with E-state index in [1.54, 1.807) is 11.3 Å². The van der Waals surface area contributed by atoms with E-state index in [1.807, 2.05) is 72.9 Å². The SMILES string of the molecule is CN(C)C(CNS(=O)(=O)Cc1cccc2ccccc12)c1ccsc1. The highest BCUT2D eigenvalue weighted by molar-refractivity contribution is 7.88. The fourth-order valence-corrected chi connectivity index (χ4v) is 4.83. The summed E-state index contributed by atoms with van der Waals surface area (Å²) in [7, 11) is 0.500. The predicted molar refractivity (Wildman–Crippen MR) is 105 cm³/mol. The highest BCUT2D eigenvalue weighted by atomic mass is 32.2.